The first kappa shape index (κ1) is 27.5. The lowest BCUT2D eigenvalue weighted by Gasteiger charge is -2.26. The van der Waals surface area contributed by atoms with Crippen LogP contribution in [0, 0.1) is 0 Å². The predicted molar refractivity (Wildman–Crippen MR) is 135 cm³/mol. The molecule has 0 saturated carbocycles. The lowest BCUT2D eigenvalue weighted by atomic mass is 10.0. The van der Waals surface area contributed by atoms with Gasteiger partial charge in [-0.25, -0.2) is 4.79 Å². The molecule has 3 amide bonds. The highest BCUT2D eigenvalue weighted by Gasteiger charge is 2.43. The SMILES string of the molecule is CCOc1cc(C(CC(=O)OC)N2C(=O)c3cccc(NC(=O)OC(C)(C)CC)c3C2=O)ccc1OC. The van der Waals surface area contributed by atoms with Crippen molar-refractivity contribution in [2.45, 2.75) is 52.2 Å². The summed E-state index contributed by atoms with van der Waals surface area (Å²) >= 11 is 0. The number of rotatable bonds is 10. The van der Waals surface area contributed by atoms with E-state index in [1.54, 1.807) is 38.1 Å². The number of imide groups is 1. The normalized spacial score (nSPS) is 13.6. The third-order valence-electron chi connectivity index (χ3n) is 6.18. The highest BCUT2D eigenvalue weighted by atomic mass is 16.6. The second kappa shape index (κ2) is 11.3. The van der Waals surface area contributed by atoms with Crippen LogP contribution in [0.4, 0.5) is 10.5 Å². The van der Waals surface area contributed by atoms with Crippen molar-refractivity contribution in [3.05, 3.63) is 53.1 Å². The Morgan fingerprint density at radius 2 is 1.76 bits per heavy atom. The van der Waals surface area contributed by atoms with E-state index in [4.69, 9.17) is 18.9 Å². The minimum absolute atomic E-state index is 0.0205. The maximum absolute atomic E-state index is 13.7. The summed E-state index contributed by atoms with van der Waals surface area (Å²) in [4.78, 5) is 53.0. The van der Waals surface area contributed by atoms with Crippen molar-refractivity contribution < 1.29 is 38.1 Å². The van der Waals surface area contributed by atoms with Gasteiger partial charge in [0.05, 0.1) is 50.1 Å². The van der Waals surface area contributed by atoms with Gasteiger partial charge >= 0.3 is 12.1 Å². The van der Waals surface area contributed by atoms with Crippen LogP contribution in [0.1, 0.15) is 72.9 Å². The Bertz CT molecular complexity index is 1210. The molecule has 1 N–H and O–H groups in total. The first-order valence-electron chi connectivity index (χ1n) is 11.9. The number of hydrogen-bond donors (Lipinski definition) is 1. The number of carbonyl (C=O) groups excluding carboxylic acids is 4. The number of methoxy groups -OCH3 is 2. The van der Waals surface area contributed by atoms with E-state index in [9.17, 15) is 19.2 Å². The van der Waals surface area contributed by atoms with Crippen LogP contribution >= 0.6 is 0 Å². The molecule has 1 aliphatic rings. The molecule has 0 aliphatic carbocycles. The summed E-state index contributed by atoms with van der Waals surface area (Å²) in [6, 6.07) is 8.50. The molecule has 0 spiro atoms. The van der Waals surface area contributed by atoms with Gasteiger partial charge in [0.15, 0.2) is 11.5 Å². The van der Waals surface area contributed by atoms with Gasteiger partial charge in [-0.3, -0.25) is 24.6 Å². The fourth-order valence-corrected chi connectivity index (χ4v) is 3.92. The third kappa shape index (κ3) is 5.84. The van der Waals surface area contributed by atoms with Crippen LogP contribution in [0.25, 0.3) is 0 Å². The number of ether oxygens (including phenoxy) is 4. The summed E-state index contributed by atoms with van der Waals surface area (Å²) in [5.41, 5.74) is 0.0179. The van der Waals surface area contributed by atoms with Crippen LogP contribution in [0.3, 0.4) is 0 Å². The van der Waals surface area contributed by atoms with Gasteiger partial charge in [0.2, 0.25) is 0 Å². The van der Waals surface area contributed by atoms with Gasteiger partial charge in [-0.05, 0) is 57.0 Å². The molecule has 0 aromatic heterocycles. The summed E-state index contributed by atoms with van der Waals surface area (Å²) in [7, 11) is 2.72. The molecule has 0 bridgehead atoms. The van der Waals surface area contributed by atoms with E-state index in [0.29, 0.717) is 30.1 Å². The molecular formula is C27H32N2O8. The summed E-state index contributed by atoms with van der Waals surface area (Å²) < 4.78 is 21.3. The average molecular weight is 513 g/mol. The van der Waals surface area contributed by atoms with Gasteiger partial charge in [-0.2, -0.15) is 0 Å². The minimum atomic E-state index is -0.996. The summed E-state index contributed by atoms with van der Waals surface area (Å²) in [5, 5.41) is 2.59. The van der Waals surface area contributed by atoms with Crippen molar-refractivity contribution in [2.75, 3.05) is 26.1 Å². The minimum Gasteiger partial charge on any atom is -0.493 e. The zero-order chi connectivity index (χ0) is 27.3. The number of nitrogens with zero attached hydrogens (tertiary/aromatic N) is 1. The van der Waals surface area contributed by atoms with Crippen LogP contribution in [-0.2, 0) is 14.3 Å². The number of nitrogens with one attached hydrogen (secondary N) is 1. The molecule has 1 aliphatic heterocycles. The van der Waals surface area contributed by atoms with E-state index < -0.39 is 35.5 Å². The molecule has 37 heavy (non-hydrogen) atoms. The van der Waals surface area contributed by atoms with Crippen molar-refractivity contribution >= 4 is 29.6 Å². The van der Waals surface area contributed by atoms with Gasteiger partial charge in [0.25, 0.3) is 11.8 Å². The van der Waals surface area contributed by atoms with Crippen LogP contribution in [0.2, 0.25) is 0 Å². The Kier molecular flexibility index (Phi) is 8.42. The van der Waals surface area contributed by atoms with Crippen molar-refractivity contribution in [2.24, 2.45) is 0 Å². The van der Waals surface area contributed by atoms with Gasteiger partial charge in [-0.1, -0.05) is 19.1 Å². The standard InChI is InChI=1S/C27H32N2O8/c1-7-27(3,4)37-26(33)28-18-11-9-10-17-23(18)25(32)29(24(17)31)19(15-22(30)35-6)16-12-13-20(34-5)21(14-16)36-8-2/h9-14,19H,7-8,15H2,1-6H3,(H,28,33). The van der Waals surface area contributed by atoms with E-state index in [-0.39, 0.29) is 23.2 Å². The van der Waals surface area contributed by atoms with Crippen LogP contribution in [0.5, 0.6) is 11.5 Å². The number of fused-ring (bicyclic) bond motifs is 1. The van der Waals surface area contributed by atoms with Crippen molar-refractivity contribution in [3.63, 3.8) is 0 Å². The second-order valence-electron chi connectivity index (χ2n) is 8.98. The van der Waals surface area contributed by atoms with Crippen molar-refractivity contribution in [3.8, 4) is 11.5 Å². The van der Waals surface area contributed by atoms with Gasteiger partial charge in [-0.15, -0.1) is 0 Å². The number of anilines is 1. The molecule has 3 rings (SSSR count). The lowest BCUT2D eigenvalue weighted by molar-refractivity contribution is -0.141. The number of benzene rings is 2. The molecular weight excluding hydrogens is 480 g/mol. The maximum atomic E-state index is 13.7. The fourth-order valence-electron chi connectivity index (χ4n) is 3.92. The molecule has 0 fully saturated rings. The van der Waals surface area contributed by atoms with Crippen molar-refractivity contribution in [1.82, 2.24) is 4.90 Å². The zero-order valence-corrected chi connectivity index (χ0v) is 21.9. The number of amides is 3. The van der Waals surface area contributed by atoms with E-state index >= 15 is 0 Å². The first-order chi connectivity index (χ1) is 17.6. The zero-order valence-electron chi connectivity index (χ0n) is 21.9. The molecule has 1 heterocycles. The Hall–Kier alpha value is -4.08. The fraction of sp³-hybridized carbons (Fsp3) is 0.407. The number of esters is 1. The Morgan fingerprint density at radius 3 is 2.38 bits per heavy atom. The van der Waals surface area contributed by atoms with Crippen LogP contribution in [0.15, 0.2) is 36.4 Å². The molecule has 10 nitrogen and oxygen atoms in total. The highest BCUT2D eigenvalue weighted by Crippen LogP contribution is 2.39. The highest BCUT2D eigenvalue weighted by molar-refractivity contribution is 6.24. The van der Waals surface area contributed by atoms with Crippen molar-refractivity contribution in [1.29, 1.82) is 0 Å². The van der Waals surface area contributed by atoms with Crippen LogP contribution in [-0.4, -0.2) is 55.2 Å². The molecule has 2 aromatic rings. The molecule has 10 heteroatoms. The van der Waals surface area contributed by atoms with Gasteiger partial charge < -0.3 is 18.9 Å². The topological polar surface area (TPSA) is 120 Å². The first-order valence-corrected chi connectivity index (χ1v) is 11.9. The van der Waals surface area contributed by atoms with E-state index in [1.807, 2.05) is 13.8 Å². The van der Waals surface area contributed by atoms with Crippen LogP contribution < -0.4 is 14.8 Å². The van der Waals surface area contributed by atoms with E-state index in [2.05, 4.69) is 5.32 Å². The second-order valence-corrected chi connectivity index (χ2v) is 8.98. The summed E-state index contributed by atoms with van der Waals surface area (Å²) in [5.74, 6) is -1.01. The predicted octanol–water partition coefficient (Wildman–Crippen LogP) is 4.73. The summed E-state index contributed by atoms with van der Waals surface area (Å²) in [6.45, 7) is 7.57. The Morgan fingerprint density at radius 1 is 1.03 bits per heavy atom. The molecule has 0 radical (unpaired) electrons. The molecule has 2 aromatic carbocycles. The average Bonchev–Trinajstić information content (AvgIpc) is 3.12. The molecule has 0 saturated heterocycles. The monoisotopic (exact) mass is 512 g/mol. The smallest absolute Gasteiger partial charge is 0.412 e. The maximum Gasteiger partial charge on any atom is 0.412 e. The Balaban J connectivity index is 2.02. The largest absolute Gasteiger partial charge is 0.493 e. The van der Waals surface area contributed by atoms with E-state index in [0.717, 1.165) is 4.90 Å². The number of hydrogen-bond acceptors (Lipinski definition) is 8. The van der Waals surface area contributed by atoms with Gasteiger partial charge in [0, 0.05) is 0 Å². The Labute approximate surface area is 215 Å². The third-order valence-corrected chi connectivity index (χ3v) is 6.18. The number of carbonyl (C=O) groups is 4. The quantitative estimate of drug-likeness (QED) is 0.358. The van der Waals surface area contributed by atoms with Gasteiger partial charge in [0.1, 0.15) is 5.60 Å². The summed E-state index contributed by atoms with van der Waals surface area (Å²) in [6.07, 6.45) is -0.448. The molecule has 1 unspecified atom stereocenters. The van der Waals surface area contributed by atoms with E-state index in [1.165, 1.54) is 26.4 Å². The lowest BCUT2D eigenvalue weighted by Crippen LogP contribution is -2.36. The molecule has 198 valence electrons. The molecule has 1 atom stereocenters.